The molecule has 0 aliphatic carbocycles. The molecule has 2 rings (SSSR count). The van der Waals surface area contributed by atoms with E-state index in [0.29, 0.717) is 29.3 Å². The van der Waals surface area contributed by atoms with Crippen LogP contribution in [0.3, 0.4) is 0 Å². The standard InChI is InChI=1S/C16H18ClNO3/c1-11-7-9-21-15(11)16(20)18-14-6-5-13(17)10-12(14)4-2-3-8-19/h5-6,10-11,15,19H,3,7-9H2,1H3,(H,18,20). The Morgan fingerprint density at radius 2 is 2.38 bits per heavy atom. The highest BCUT2D eigenvalue weighted by molar-refractivity contribution is 6.30. The van der Waals surface area contributed by atoms with Crippen molar-refractivity contribution in [1.82, 2.24) is 0 Å². The van der Waals surface area contributed by atoms with Crippen LogP contribution in [0, 0.1) is 17.8 Å². The highest BCUT2D eigenvalue weighted by Gasteiger charge is 2.31. The minimum atomic E-state index is -0.418. The van der Waals surface area contributed by atoms with E-state index in [1.165, 1.54) is 0 Å². The second kappa shape index (κ2) is 7.46. The lowest BCUT2D eigenvalue weighted by molar-refractivity contribution is -0.126. The monoisotopic (exact) mass is 307 g/mol. The number of benzene rings is 1. The van der Waals surface area contributed by atoms with E-state index in [4.69, 9.17) is 21.4 Å². The van der Waals surface area contributed by atoms with E-state index in [1.807, 2.05) is 6.92 Å². The second-order valence-corrected chi connectivity index (χ2v) is 5.45. The molecule has 0 aromatic heterocycles. The van der Waals surface area contributed by atoms with E-state index in [1.54, 1.807) is 18.2 Å². The zero-order chi connectivity index (χ0) is 15.2. The molecule has 1 aromatic rings. The maximum absolute atomic E-state index is 12.2. The SMILES string of the molecule is CC1CCOC1C(=O)Nc1ccc(Cl)cc1C#CCCO. The van der Waals surface area contributed by atoms with Crippen LogP contribution in [0.2, 0.25) is 5.02 Å². The van der Waals surface area contributed by atoms with E-state index in [2.05, 4.69) is 17.2 Å². The maximum atomic E-state index is 12.2. The van der Waals surface area contributed by atoms with Gasteiger partial charge in [-0.2, -0.15) is 0 Å². The Morgan fingerprint density at radius 3 is 3.05 bits per heavy atom. The third kappa shape index (κ3) is 4.21. The summed E-state index contributed by atoms with van der Waals surface area (Å²) in [5.74, 6) is 5.79. The van der Waals surface area contributed by atoms with Crippen LogP contribution < -0.4 is 5.32 Å². The fourth-order valence-corrected chi connectivity index (χ4v) is 2.35. The molecule has 1 amide bonds. The molecule has 2 N–H and O–H groups in total. The topological polar surface area (TPSA) is 58.6 Å². The Hall–Kier alpha value is -1.54. The van der Waals surface area contributed by atoms with E-state index >= 15 is 0 Å². The highest BCUT2D eigenvalue weighted by atomic mass is 35.5. The zero-order valence-corrected chi connectivity index (χ0v) is 12.6. The fourth-order valence-electron chi connectivity index (χ4n) is 2.18. The number of amides is 1. The smallest absolute Gasteiger partial charge is 0.253 e. The largest absolute Gasteiger partial charge is 0.395 e. The Morgan fingerprint density at radius 1 is 1.57 bits per heavy atom. The molecule has 0 saturated carbocycles. The fraction of sp³-hybridized carbons (Fsp3) is 0.438. The van der Waals surface area contributed by atoms with Gasteiger partial charge in [0.05, 0.1) is 12.3 Å². The number of anilines is 1. The lowest BCUT2D eigenvalue weighted by Gasteiger charge is -2.15. The second-order valence-electron chi connectivity index (χ2n) is 5.01. The number of carbonyl (C=O) groups is 1. The molecule has 5 heteroatoms. The molecule has 0 spiro atoms. The van der Waals surface area contributed by atoms with Gasteiger partial charge in [-0.05, 0) is 30.5 Å². The Labute approximate surface area is 129 Å². The van der Waals surface area contributed by atoms with Crippen LogP contribution in [0.1, 0.15) is 25.3 Å². The molecule has 0 bridgehead atoms. The van der Waals surface area contributed by atoms with Crippen LogP contribution in [-0.4, -0.2) is 30.3 Å². The summed E-state index contributed by atoms with van der Waals surface area (Å²) in [6, 6.07) is 5.12. The van der Waals surface area contributed by atoms with E-state index in [0.717, 1.165) is 6.42 Å². The highest BCUT2D eigenvalue weighted by Crippen LogP contribution is 2.24. The van der Waals surface area contributed by atoms with Crippen LogP contribution in [0.4, 0.5) is 5.69 Å². The van der Waals surface area contributed by atoms with Crippen molar-refractivity contribution < 1.29 is 14.6 Å². The average Bonchev–Trinajstić information content (AvgIpc) is 2.88. The molecule has 1 heterocycles. The summed E-state index contributed by atoms with van der Waals surface area (Å²) in [5.41, 5.74) is 1.24. The third-order valence-corrected chi connectivity index (χ3v) is 3.58. The van der Waals surface area contributed by atoms with Crippen molar-refractivity contribution in [3.8, 4) is 11.8 Å². The molecule has 1 fully saturated rings. The third-order valence-electron chi connectivity index (χ3n) is 3.35. The van der Waals surface area contributed by atoms with E-state index in [9.17, 15) is 4.79 Å². The predicted molar refractivity (Wildman–Crippen MR) is 82.2 cm³/mol. The van der Waals surface area contributed by atoms with Crippen LogP contribution in [0.5, 0.6) is 0 Å². The Bertz CT molecular complexity index is 577. The van der Waals surface area contributed by atoms with Gasteiger partial charge in [-0.3, -0.25) is 4.79 Å². The van der Waals surface area contributed by atoms with Gasteiger partial charge in [-0.15, -0.1) is 0 Å². The summed E-state index contributed by atoms with van der Waals surface area (Å²) in [7, 11) is 0. The van der Waals surface area contributed by atoms with Gasteiger partial charge in [0, 0.05) is 23.6 Å². The van der Waals surface area contributed by atoms with Crippen LogP contribution in [0.25, 0.3) is 0 Å². The van der Waals surface area contributed by atoms with Crippen LogP contribution in [0.15, 0.2) is 18.2 Å². The van der Waals surface area contributed by atoms with Gasteiger partial charge in [0.25, 0.3) is 5.91 Å². The van der Waals surface area contributed by atoms with Crippen molar-refractivity contribution >= 4 is 23.2 Å². The van der Waals surface area contributed by atoms with E-state index < -0.39 is 6.10 Å². The van der Waals surface area contributed by atoms with Crippen molar-refractivity contribution in [2.75, 3.05) is 18.5 Å². The molecule has 1 aliphatic heterocycles. The van der Waals surface area contributed by atoms with Crippen LogP contribution >= 0.6 is 11.6 Å². The number of carbonyl (C=O) groups excluding carboxylic acids is 1. The van der Waals surface area contributed by atoms with Crippen molar-refractivity contribution in [2.24, 2.45) is 5.92 Å². The summed E-state index contributed by atoms with van der Waals surface area (Å²) in [4.78, 5) is 12.2. The number of aliphatic hydroxyl groups is 1. The van der Waals surface area contributed by atoms with Gasteiger partial charge >= 0.3 is 0 Å². The Balaban J connectivity index is 2.15. The molecule has 4 nitrogen and oxygen atoms in total. The first-order valence-corrected chi connectivity index (χ1v) is 7.31. The van der Waals surface area contributed by atoms with Crippen molar-refractivity contribution in [2.45, 2.75) is 25.9 Å². The number of ether oxygens (including phenoxy) is 1. The van der Waals surface area contributed by atoms with Gasteiger partial charge in [0.1, 0.15) is 6.10 Å². The summed E-state index contributed by atoms with van der Waals surface area (Å²) in [6.07, 6.45) is 0.851. The van der Waals surface area contributed by atoms with Crippen LogP contribution in [-0.2, 0) is 9.53 Å². The Kier molecular flexibility index (Phi) is 5.63. The zero-order valence-electron chi connectivity index (χ0n) is 11.9. The molecule has 1 saturated heterocycles. The van der Waals surface area contributed by atoms with Crippen molar-refractivity contribution in [1.29, 1.82) is 0 Å². The summed E-state index contributed by atoms with van der Waals surface area (Å²) < 4.78 is 5.45. The number of rotatable bonds is 3. The molecule has 1 aromatic carbocycles. The quantitative estimate of drug-likeness (QED) is 0.843. The molecule has 0 radical (unpaired) electrons. The number of hydrogen-bond donors (Lipinski definition) is 2. The van der Waals surface area contributed by atoms with Crippen molar-refractivity contribution in [3.63, 3.8) is 0 Å². The molecule has 21 heavy (non-hydrogen) atoms. The maximum Gasteiger partial charge on any atom is 0.253 e. The first kappa shape index (κ1) is 15.8. The number of aliphatic hydroxyl groups excluding tert-OH is 1. The summed E-state index contributed by atoms with van der Waals surface area (Å²) in [5, 5.41) is 12.2. The van der Waals surface area contributed by atoms with E-state index in [-0.39, 0.29) is 18.4 Å². The first-order valence-electron chi connectivity index (χ1n) is 6.93. The van der Waals surface area contributed by atoms with Gasteiger partial charge in [-0.25, -0.2) is 0 Å². The molecule has 112 valence electrons. The number of halogens is 1. The number of hydrogen-bond acceptors (Lipinski definition) is 3. The average molecular weight is 308 g/mol. The van der Waals surface area contributed by atoms with Gasteiger partial charge in [0.15, 0.2) is 0 Å². The minimum Gasteiger partial charge on any atom is -0.395 e. The molecule has 2 atom stereocenters. The van der Waals surface area contributed by atoms with Gasteiger partial charge < -0.3 is 15.2 Å². The van der Waals surface area contributed by atoms with Crippen molar-refractivity contribution in [3.05, 3.63) is 28.8 Å². The normalized spacial score (nSPS) is 20.7. The number of nitrogens with one attached hydrogen (secondary N) is 1. The minimum absolute atomic E-state index is 0.00267. The molecular formula is C16H18ClNO3. The first-order chi connectivity index (χ1) is 10.1. The lowest BCUT2D eigenvalue weighted by atomic mass is 10.0. The lowest BCUT2D eigenvalue weighted by Crippen LogP contribution is -2.31. The summed E-state index contributed by atoms with van der Waals surface area (Å²) >= 11 is 5.96. The molecule has 2 unspecified atom stereocenters. The van der Waals surface area contributed by atoms with Gasteiger partial charge in [-0.1, -0.05) is 30.4 Å². The molecular weight excluding hydrogens is 290 g/mol. The van der Waals surface area contributed by atoms with Gasteiger partial charge in [0.2, 0.25) is 0 Å². The summed E-state index contributed by atoms with van der Waals surface area (Å²) in [6.45, 7) is 2.62. The predicted octanol–water partition coefficient (Wildman–Crippen LogP) is 2.44. The molecule has 1 aliphatic rings.